The largest absolute Gasteiger partial charge is 0.462 e. The second-order valence-corrected chi connectivity index (χ2v) is 6.55. The molecule has 1 heterocycles. The number of hydrogen-bond donors (Lipinski definition) is 0. The van der Waals surface area contributed by atoms with Crippen molar-refractivity contribution in [1.29, 1.82) is 0 Å². The summed E-state index contributed by atoms with van der Waals surface area (Å²) in [6.07, 6.45) is -0.557. The molecule has 1 fully saturated rings. The highest BCUT2D eigenvalue weighted by Crippen LogP contribution is 2.35. The fourth-order valence-corrected chi connectivity index (χ4v) is 3.36. The van der Waals surface area contributed by atoms with Crippen LogP contribution in [0.1, 0.15) is 35.9 Å². The Morgan fingerprint density at radius 2 is 2.04 bits per heavy atom. The highest BCUT2D eigenvalue weighted by Gasteiger charge is 2.32. The quantitative estimate of drug-likeness (QED) is 0.439. The van der Waals surface area contributed by atoms with Crippen molar-refractivity contribution in [3.05, 3.63) is 69.5 Å². The summed E-state index contributed by atoms with van der Waals surface area (Å²) in [6.45, 7) is 4.19. The lowest BCUT2D eigenvalue weighted by molar-refractivity contribution is -0.385. The van der Waals surface area contributed by atoms with Gasteiger partial charge in [0.2, 0.25) is 0 Å². The number of nitrogens with zero attached hydrogens (tertiary/aromatic N) is 2. The van der Waals surface area contributed by atoms with E-state index in [1.165, 1.54) is 0 Å². The topological polar surface area (TPSA) is 81.9 Å². The molecule has 0 N–H and O–H groups in total. The Labute approximate surface area is 161 Å². The van der Waals surface area contributed by atoms with Crippen LogP contribution in [-0.2, 0) is 9.47 Å². The van der Waals surface area contributed by atoms with E-state index in [-0.39, 0.29) is 30.1 Å². The minimum absolute atomic E-state index is 0.000121. The number of esters is 1. The number of carbonyl (C=O) groups excluding carboxylic acids is 1. The molecule has 148 valence electrons. The van der Waals surface area contributed by atoms with Gasteiger partial charge in [0.1, 0.15) is 6.10 Å². The maximum atomic E-state index is 14.9. The number of halogens is 1. The van der Waals surface area contributed by atoms with E-state index in [1.807, 2.05) is 37.3 Å². The Bertz CT molecular complexity index is 874. The SMILES string of the molecule is CCOC(=O)c1cc([N+](=O)[O-])cc(F)c1N1CC(C)OC(c2ccccc2)C1. The summed E-state index contributed by atoms with van der Waals surface area (Å²) >= 11 is 0. The number of anilines is 1. The number of morpholine rings is 1. The Hall–Kier alpha value is -3.00. The molecule has 1 aliphatic rings. The lowest BCUT2D eigenvalue weighted by atomic mass is 10.0. The molecule has 28 heavy (non-hydrogen) atoms. The number of benzene rings is 2. The molecule has 0 saturated carbocycles. The van der Waals surface area contributed by atoms with Crippen molar-refractivity contribution in [3.8, 4) is 0 Å². The predicted molar refractivity (Wildman–Crippen MR) is 101 cm³/mol. The smallest absolute Gasteiger partial charge is 0.340 e. The normalized spacial score (nSPS) is 19.3. The van der Waals surface area contributed by atoms with Crippen LogP contribution >= 0.6 is 0 Å². The zero-order chi connectivity index (χ0) is 20.3. The van der Waals surface area contributed by atoms with Crippen molar-refractivity contribution in [2.75, 3.05) is 24.6 Å². The summed E-state index contributed by atoms with van der Waals surface area (Å²) < 4.78 is 25.9. The van der Waals surface area contributed by atoms with Crippen LogP contribution in [0.15, 0.2) is 42.5 Å². The van der Waals surface area contributed by atoms with E-state index >= 15 is 0 Å². The monoisotopic (exact) mass is 388 g/mol. The first kappa shape index (κ1) is 19.8. The molecule has 3 rings (SSSR count). The van der Waals surface area contributed by atoms with Gasteiger partial charge in [-0.25, -0.2) is 9.18 Å². The van der Waals surface area contributed by atoms with Crippen molar-refractivity contribution >= 4 is 17.3 Å². The van der Waals surface area contributed by atoms with E-state index in [4.69, 9.17) is 9.47 Å². The maximum absolute atomic E-state index is 14.9. The van der Waals surface area contributed by atoms with E-state index in [9.17, 15) is 19.3 Å². The molecule has 0 aromatic heterocycles. The van der Waals surface area contributed by atoms with E-state index in [2.05, 4.69) is 0 Å². The van der Waals surface area contributed by atoms with E-state index < -0.39 is 22.4 Å². The number of carbonyl (C=O) groups is 1. The highest BCUT2D eigenvalue weighted by atomic mass is 19.1. The van der Waals surface area contributed by atoms with Crippen LogP contribution < -0.4 is 4.90 Å². The summed E-state index contributed by atoms with van der Waals surface area (Å²) in [7, 11) is 0. The molecule has 7 nitrogen and oxygen atoms in total. The maximum Gasteiger partial charge on any atom is 0.340 e. The third-order valence-electron chi connectivity index (χ3n) is 4.50. The first-order chi connectivity index (χ1) is 13.4. The molecule has 0 spiro atoms. The van der Waals surface area contributed by atoms with E-state index in [0.29, 0.717) is 13.1 Å². The fraction of sp³-hybridized carbons (Fsp3) is 0.350. The average molecular weight is 388 g/mol. The van der Waals surface area contributed by atoms with Crippen LogP contribution in [-0.4, -0.2) is 36.7 Å². The third-order valence-corrected chi connectivity index (χ3v) is 4.50. The average Bonchev–Trinajstić information content (AvgIpc) is 2.67. The summed E-state index contributed by atoms with van der Waals surface area (Å²) in [5.41, 5.74) is 0.277. The van der Waals surface area contributed by atoms with Gasteiger partial charge in [0.05, 0.1) is 35.0 Å². The van der Waals surface area contributed by atoms with Gasteiger partial charge in [-0.1, -0.05) is 30.3 Å². The minimum atomic E-state index is -0.835. The second kappa shape index (κ2) is 8.35. The molecule has 0 bridgehead atoms. The predicted octanol–water partition coefficient (Wildman–Crippen LogP) is 3.88. The lowest BCUT2D eigenvalue weighted by Gasteiger charge is -2.39. The van der Waals surface area contributed by atoms with Gasteiger partial charge < -0.3 is 14.4 Å². The van der Waals surface area contributed by atoms with Gasteiger partial charge in [-0.05, 0) is 19.4 Å². The van der Waals surface area contributed by atoms with Crippen LogP contribution in [0.5, 0.6) is 0 Å². The van der Waals surface area contributed by atoms with Gasteiger partial charge in [0.15, 0.2) is 5.82 Å². The van der Waals surface area contributed by atoms with E-state index in [0.717, 1.165) is 17.7 Å². The highest BCUT2D eigenvalue weighted by molar-refractivity contribution is 5.97. The molecule has 2 aromatic carbocycles. The van der Waals surface area contributed by atoms with Crippen molar-refractivity contribution in [1.82, 2.24) is 0 Å². The van der Waals surface area contributed by atoms with Gasteiger partial charge >= 0.3 is 5.97 Å². The number of non-ortho nitro benzene ring substituents is 1. The van der Waals surface area contributed by atoms with Crippen LogP contribution in [0.3, 0.4) is 0 Å². The van der Waals surface area contributed by atoms with Crippen LogP contribution in [0, 0.1) is 15.9 Å². The Kier molecular flexibility index (Phi) is 5.89. The Balaban J connectivity index is 2.03. The number of rotatable bonds is 5. The molecule has 0 radical (unpaired) electrons. The molecular formula is C20H21FN2O5. The van der Waals surface area contributed by atoms with Crippen LogP contribution in [0.2, 0.25) is 0 Å². The first-order valence-electron chi connectivity index (χ1n) is 9.01. The molecule has 1 saturated heterocycles. The molecule has 8 heteroatoms. The molecule has 2 unspecified atom stereocenters. The van der Waals surface area contributed by atoms with Crippen molar-refractivity contribution < 1.29 is 23.6 Å². The third kappa shape index (κ3) is 4.12. The Morgan fingerprint density at radius 1 is 1.32 bits per heavy atom. The molecule has 0 amide bonds. The molecule has 0 aliphatic carbocycles. The van der Waals surface area contributed by atoms with Gasteiger partial charge in [-0.2, -0.15) is 0 Å². The summed E-state index contributed by atoms with van der Waals surface area (Å²) in [5, 5.41) is 11.1. The second-order valence-electron chi connectivity index (χ2n) is 6.55. The number of hydrogen-bond acceptors (Lipinski definition) is 6. The van der Waals surface area contributed by atoms with E-state index in [1.54, 1.807) is 11.8 Å². The van der Waals surface area contributed by atoms with Gasteiger partial charge in [0, 0.05) is 19.2 Å². The summed E-state index contributed by atoms with van der Waals surface area (Å²) in [6, 6.07) is 11.4. The van der Waals surface area contributed by atoms with Crippen LogP contribution in [0.4, 0.5) is 15.8 Å². The number of nitro benzene ring substituents is 1. The minimum Gasteiger partial charge on any atom is -0.462 e. The fourth-order valence-electron chi connectivity index (χ4n) is 3.36. The lowest BCUT2D eigenvalue weighted by Crippen LogP contribution is -2.44. The Morgan fingerprint density at radius 3 is 2.68 bits per heavy atom. The zero-order valence-electron chi connectivity index (χ0n) is 15.6. The van der Waals surface area contributed by atoms with Crippen molar-refractivity contribution in [2.45, 2.75) is 26.1 Å². The standard InChI is InChI=1S/C20H21FN2O5/c1-3-27-20(24)16-9-15(23(25)26)10-17(21)19(16)22-11-13(2)28-18(12-22)14-7-5-4-6-8-14/h4-10,13,18H,3,11-12H2,1-2H3. The summed E-state index contributed by atoms with van der Waals surface area (Å²) in [5.74, 6) is -1.63. The summed E-state index contributed by atoms with van der Waals surface area (Å²) in [4.78, 5) is 24.5. The number of ether oxygens (including phenoxy) is 2. The molecule has 1 aliphatic heterocycles. The zero-order valence-corrected chi connectivity index (χ0v) is 15.6. The van der Waals surface area contributed by atoms with Gasteiger partial charge in [-0.3, -0.25) is 10.1 Å². The van der Waals surface area contributed by atoms with Gasteiger partial charge in [-0.15, -0.1) is 0 Å². The van der Waals surface area contributed by atoms with Crippen molar-refractivity contribution in [3.63, 3.8) is 0 Å². The molecule has 2 aromatic rings. The van der Waals surface area contributed by atoms with Crippen LogP contribution in [0.25, 0.3) is 0 Å². The molecular weight excluding hydrogens is 367 g/mol. The van der Waals surface area contributed by atoms with Crippen molar-refractivity contribution in [2.24, 2.45) is 0 Å². The first-order valence-corrected chi connectivity index (χ1v) is 9.01. The molecule has 2 atom stereocenters. The van der Waals surface area contributed by atoms with Gasteiger partial charge in [0.25, 0.3) is 5.69 Å². The number of nitro groups is 1.